The minimum atomic E-state index is 0.281. The molecule has 2 N–H and O–H groups in total. The van der Waals surface area contributed by atoms with Crippen molar-refractivity contribution >= 4 is 0 Å². The van der Waals surface area contributed by atoms with Gasteiger partial charge in [0.2, 0.25) is 0 Å². The zero-order chi connectivity index (χ0) is 28.4. The summed E-state index contributed by atoms with van der Waals surface area (Å²) in [6.07, 6.45) is 40.1. The van der Waals surface area contributed by atoms with Crippen molar-refractivity contribution < 1.29 is 14.7 Å². The predicted molar refractivity (Wildman–Crippen MR) is 172 cm³/mol. The maximum absolute atomic E-state index is 8.76. The summed E-state index contributed by atoms with van der Waals surface area (Å²) in [5.41, 5.74) is 0. The standard InChI is InChI=1S/C30H62O.C5H14NO/c1-2-3-4-5-6-7-8-9-10-11-12-13-14-15-16-17-18-19-20-21-22-23-24-25-26-27-28-29-30-31;1-6(2,3)4-5-7/h31H,2-30H2,1H3;7H,4-5H2,1-3H3/q;+1. The first-order chi connectivity index (χ1) is 18.5. The number of hydrogen-bond donors (Lipinski definition) is 2. The highest BCUT2D eigenvalue weighted by atomic mass is 16.3. The van der Waals surface area contributed by atoms with Crippen molar-refractivity contribution in [3.63, 3.8) is 0 Å². The molecule has 232 valence electrons. The van der Waals surface area contributed by atoms with Gasteiger partial charge in [-0.3, -0.25) is 0 Å². The normalized spacial score (nSPS) is 11.5. The molecule has 0 aromatic rings. The number of quaternary nitrogens is 1. The molecular formula is C35H76NO2+. The van der Waals surface area contributed by atoms with Crippen LogP contribution in [0.4, 0.5) is 0 Å². The molecule has 3 heteroatoms. The second kappa shape index (κ2) is 34.9. The Morgan fingerprint density at radius 1 is 0.316 bits per heavy atom. The summed E-state index contributed by atoms with van der Waals surface area (Å²) in [5.74, 6) is 0. The van der Waals surface area contributed by atoms with Crippen molar-refractivity contribution in [1.82, 2.24) is 0 Å². The SMILES string of the molecule is CCCCCCCCCCCCCCCCCCCCCCCCCCCCCCO.C[N+](C)(C)CCO. The number of aliphatic hydroxyl groups excluding tert-OH is 2. The molecule has 0 aromatic heterocycles. The van der Waals surface area contributed by atoms with E-state index in [9.17, 15) is 0 Å². The lowest BCUT2D eigenvalue weighted by Gasteiger charge is -2.21. The Hall–Kier alpha value is -0.120. The second-order valence-electron chi connectivity index (χ2n) is 13.0. The Kier molecular flexibility index (Phi) is 36.8. The Bertz CT molecular complexity index is 366. The number of nitrogens with zero attached hydrogens (tertiary/aromatic N) is 1. The molecule has 0 aliphatic carbocycles. The summed E-state index contributed by atoms with van der Waals surface area (Å²) < 4.78 is 0.844. The topological polar surface area (TPSA) is 40.5 Å². The monoisotopic (exact) mass is 543 g/mol. The molecule has 0 bridgehead atoms. The fourth-order valence-electron chi connectivity index (χ4n) is 5.08. The fourth-order valence-corrected chi connectivity index (χ4v) is 5.08. The van der Waals surface area contributed by atoms with Crippen LogP contribution >= 0.6 is 0 Å². The van der Waals surface area contributed by atoms with Gasteiger partial charge in [-0.15, -0.1) is 0 Å². The number of rotatable bonds is 30. The summed E-state index contributed by atoms with van der Waals surface area (Å²) in [4.78, 5) is 0. The molecule has 3 nitrogen and oxygen atoms in total. The van der Waals surface area contributed by atoms with E-state index in [1.807, 2.05) is 0 Å². The first-order valence-corrected chi connectivity index (χ1v) is 17.5. The molecule has 0 aromatic carbocycles. The average molecular weight is 543 g/mol. The van der Waals surface area contributed by atoms with Gasteiger partial charge in [0.05, 0.1) is 27.7 Å². The van der Waals surface area contributed by atoms with Crippen LogP contribution in [-0.2, 0) is 0 Å². The first kappa shape index (κ1) is 40.0. The van der Waals surface area contributed by atoms with Gasteiger partial charge in [0, 0.05) is 6.61 Å². The molecule has 0 radical (unpaired) electrons. The number of unbranched alkanes of at least 4 members (excludes halogenated alkanes) is 27. The van der Waals surface area contributed by atoms with E-state index in [1.54, 1.807) is 0 Å². The molecule has 0 saturated heterocycles. The third kappa shape index (κ3) is 43.0. The minimum Gasteiger partial charge on any atom is -0.396 e. The van der Waals surface area contributed by atoms with Crippen LogP contribution in [0, 0.1) is 0 Å². The Balaban J connectivity index is 0. The fraction of sp³-hybridized carbons (Fsp3) is 1.00. The summed E-state index contributed by atoms with van der Waals surface area (Å²) in [5, 5.41) is 17.1. The molecule has 0 aliphatic heterocycles. The van der Waals surface area contributed by atoms with Gasteiger partial charge in [-0.05, 0) is 6.42 Å². The lowest BCUT2D eigenvalue weighted by Crippen LogP contribution is -2.36. The maximum atomic E-state index is 8.76. The van der Waals surface area contributed by atoms with E-state index in [1.165, 1.54) is 173 Å². The van der Waals surface area contributed by atoms with Gasteiger partial charge in [-0.2, -0.15) is 0 Å². The van der Waals surface area contributed by atoms with Gasteiger partial charge < -0.3 is 14.7 Å². The van der Waals surface area contributed by atoms with Crippen molar-refractivity contribution in [3.05, 3.63) is 0 Å². The summed E-state index contributed by atoms with van der Waals surface area (Å²) >= 11 is 0. The third-order valence-corrected chi connectivity index (χ3v) is 7.78. The van der Waals surface area contributed by atoms with Gasteiger partial charge in [-0.1, -0.05) is 180 Å². The molecular weight excluding hydrogens is 466 g/mol. The van der Waals surface area contributed by atoms with Crippen LogP contribution < -0.4 is 0 Å². The van der Waals surface area contributed by atoms with Crippen LogP contribution in [0.3, 0.4) is 0 Å². The van der Waals surface area contributed by atoms with E-state index < -0.39 is 0 Å². The quantitative estimate of drug-likeness (QED) is 0.0700. The summed E-state index contributed by atoms with van der Waals surface area (Å²) in [6.45, 7) is 3.79. The maximum Gasteiger partial charge on any atom is 0.101 e. The van der Waals surface area contributed by atoms with Crippen molar-refractivity contribution in [1.29, 1.82) is 0 Å². The lowest BCUT2D eigenvalue weighted by atomic mass is 10.0. The van der Waals surface area contributed by atoms with Crippen molar-refractivity contribution in [2.24, 2.45) is 0 Å². The van der Waals surface area contributed by atoms with Gasteiger partial charge in [0.15, 0.2) is 0 Å². The molecule has 0 fully saturated rings. The van der Waals surface area contributed by atoms with Gasteiger partial charge in [-0.25, -0.2) is 0 Å². The molecule has 0 heterocycles. The highest BCUT2D eigenvalue weighted by molar-refractivity contribution is 4.52. The zero-order valence-electron chi connectivity index (χ0n) is 27.3. The van der Waals surface area contributed by atoms with E-state index in [0.29, 0.717) is 6.61 Å². The van der Waals surface area contributed by atoms with Crippen molar-refractivity contribution in [3.8, 4) is 0 Å². The molecule has 38 heavy (non-hydrogen) atoms. The van der Waals surface area contributed by atoms with Gasteiger partial charge in [0.25, 0.3) is 0 Å². The lowest BCUT2D eigenvalue weighted by molar-refractivity contribution is -0.870. The molecule has 0 saturated carbocycles. The van der Waals surface area contributed by atoms with E-state index in [4.69, 9.17) is 10.2 Å². The highest BCUT2D eigenvalue weighted by Crippen LogP contribution is 2.16. The van der Waals surface area contributed by atoms with E-state index in [2.05, 4.69) is 28.1 Å². The van der Waals surface area contributed by atoms with E-state index in [0.717, 1.165) is 17.4 Å². The summed E-state index contributed by atoms with van der Waals surface area (Å²) in [7, 11) is 6.16. The Morgan fingerprint density at radius 3 is 0.658 bits per heavy atom. The van der Waals surface area contributed by atoms with Crippen molar-refractivity contribution in [2.75, 3.05) is 40.9 Å². The first-order valence-electron chi connectivity index (χ1n) is 17.5. The Morgan fingerprint density at radius 2 is 0.526 bits per heavy atom. The molecule has 0 aliphatic rings. The van der Waals surface area contributed by atoms with Crippen LogP contribution in [0.15, 0.2) is 0 Å². The van der Waals surface area contributed by atoms with Crippen LogP contribution in [0.2, 0.25) is 0 Å². The molecule has 0 atom stereocenters. The highest BCUT2D eigenvalue weighted by Gasteiger charge is 2.02. The Labute approximate surface area is 242 Å². The van der Waals surface area contributed by atoms with Crippen LogP contribution in [0.5, 0.6) is 0 Å². The van der Waals surface area contributed by atoms with Crippen molar-refractivity contribution in [2.45, 2.75) is 187 Å². The van der Waals surface area contributed by atoms with Crippen LogP contribution in [0.25, 0.3) is 0 Å². The van der Waals surface area contributed by atoms with Gasteiger partial charge >= 0.3 is 0 Å². The molecule has 0 amide bonds. The second-order valence-corrected chi connectivity index (χ2v) is 13.0. The van der Waals surface area contributed by atoms with E-state index in [-0.39, 0.29) is 6.61 Å². The number of aliphatic hydroxyl groups is 2. The molecule has 0 unspecified atom stereocenters. The van der Waals surface area contributed by atoms with E-state index >= 15 is 0 Å². The molecule has 0 spiro atoms. The van der Waals surface area contributed by atoms with Crippen LogP contribution in [0.1, 0.15) is 187 Å². The average Bonchev–Trinajstić information content (AvgIpc) is 2.88. The van der Waals surface area contributed by atoms with Gasteiger partial charge in [0.1, 0.15) is 6.54 Å². The summed E-state index contributed by atoms with van der Waals surface area (Å²) in [6, 6.07) is 0. The van der Waals surface area contributed by atoms with Crippen LogP contribution in [-0.4, -0.2) is 55.6 Å². The third-order valence-electron chi connectivity index (χ3n) is 7.78. The molecule has 0 rings (SSSR count). The zero-order valence-corrected chi connectivity index (χ0v) is 27.3. The largest absolute Gasteiger partial charge is 0.396 e. The predicted octanol–water partition coefficient (Wildman–Crippen LogP) is 10.6. The minimum absolute atomic E-state index is 0.281. The number of likely N-dealkylation sites (N-methyl/N-ethyl adjacent to an activating group) is 1. The smallest absolute Gasteiger partial charge is 0.101 e. The number of hydrogen-bond acceptors (Lipinski definition) is 2.